The van der Waals surface area contributed by atoms with Gasteiger partial charge in [0, 0.05) is 6.54 Å². The number of carbonyl (C=O) groups excluding carboxylic acids is 1. The SMILES string of the molecule is Cc1noc(C)c1S(=O)(=O)NCC(=O)NCCCN(C)C. The van der Waals surface area contributed by atoms with Gasteiger partial charge < -0.3 is 14.7 Å². The molecule has 1 rings (SSSR count). The zero-order valence-corrected chi connectivity index (χ0v) is 13.6. The van der Waals surface area contributed by atoms with Gasteiger partial charge in [0.25, 0.3) is 0 Å². The third kappa shape index (κ3) is 5.44. The molecule has 0 aliphatic heterocycles. The summed E-state index contributed by atoms with van der Waals surface area (Å²) in [6.07, 6.45) is 0.801. The number of hydrogen-bond donors (Lipinski definition) is 2. The number of rotatable bonds is 8. The van der Waals surface area contributed by atoms with Crippen LogP contribution in [0.3, 0.4) is 0 Å². The molecule has 0 aromatic carbocycles. The molecule has 1 aromatic heterocycles. The van der Waals surface area contributed by atoms with Gasteiger partial charge in [0.1, 0.15) is 10.6 Å². The van der Waals surface area contributed by atoms with Crippen molar-refractivity contribution in [2.45, 2.75) is 25.2 Å². The summed E-state index contributed by atoms with van der Waals surface area (Å²) >= 11 is 0. The van der Waals surface area contributed by atoms with Crippen molar-refractivity contribution >= 4 is 15.9 Å². The van der Waals surface area contributed by atoms with Gasteiger partial charge in [0.2, 0.25) is 15.9 Å². The molecule has 0 unspecified atom stereocenters. The first-order chi connectivity index (χ1) is 9.74. The molecule has 0 fully saturated rings. The lowest BCUT2D eigenvalue weighted by molar-refractivity contribution is -0.119. The highest BCUT2D eigenvalue weighted by molar-refractivity contribution is 7.89. The zero-order valence-electron chi connectivity index (χ0n) is 12.8. The second kappa shape index (κ2) is 7.53. The van der Waals surface area contributed by atoms with Gasteiger partial charge in [-0.25, -0.2) is 13.1 Å². The summed E-state index contributed by atoms with van der Waals surface area (Å²) in [6.45, 7) is 4.09. The maximum absolute atomic E-state index is 12.1. The highest BCUT2D eigenvalue weighted by Crippen LogP contribution is 2.18. The van der Waals surface area contributed by atoms with Crippen LogP contribution in [0.4, 0.5) is 0 Å². The molecule has 0 saturated carbocycles. The fraction of sp³-hybridized carbons (Fsp3) is 0.667. The van der Waals surface area contributed by atoms with Gasteiger partial charge in [-0.3, -0.25) is 4.79 Å². The Hall–Kier alpha value is -1.45. The van der Waals surface area contributed by atoms with E-state index in [-0.39, 0.29) is 28.8 Å². The molecule has 1 amide bonds. The molecule has 0 spiro atoms. The Morgan fingerprint density at radius 1 is 1.33 bits per heavy atom. The summed E-state index contributed by atoms with van der Waals surface area (Å²) < 4.78 is 31.2. The second-order valence-corrected chi connectivity index (χ2v) is 6.69. The lowest BCUT2D eigenvalue weighted by Gasteiger charge is -2.10. The molecule has 0 bridgehead atoms. The molecule has 0 aliphatic rings. The van der Waals surface area contributed by atoms with Crippen LogP contribution in [-0.2, 0) is 14.8 Å². The van der Waals surface area contributed by atoms with E-state index in [1.807, 2.05) is 19.0 Å². The van der Waals surface area contributed by atoms with Gasteiger partial charge in [-0.1, -0.05) is 5.16 Å². The van der Waals surface area contributed by atoms with E-state index in [2.05, 4.69) is 15.2 Å². The maximum atomic E-state index is 12.1. The minimum absolute atomic E-state index is 0.0112. The molecular weight excluding hydrogens is 296 g/mol. The number of hydrogen-bond acceptors (Lipinski definition) is 6. The van der Waals surface area contributed by atoms with Crippen LogP contribution >= 0.6 is 0 Å². The average molecular weight is 318 g/mol. The largest absolute Gasteiger partial charge is 0.360 e. The van der Waals surface area contributed by atoms with Crippen LogP contribution in [0.2, 0.25) is 0 Å². The van der Waals surface area contributed by atoms with Crippen molar-refractivity contribution in [3.63, 3.8) is 0 Å². The van der Waals surface area contributed by atoms with Crippen LogP contribution in [0.25, 0.3) is 0 Å². The molecule has 1 heterocycles. The number of amides is 1. The van der Waals surface area contributed by atoms with Gasteiger partial charge in [0.05, 0.1) is 6.54 Å². The predicted molar refractivity (Wildman–Crippen MR) is 77.3 cm³/mol. The Morgan fingerprint density at radius 2 is 2.00 bits per heavy atom. The quantitative estimate of drug-likeness (QED) is 0.634. The lowest BCUT2D eigenvalue weighted by Crippen LogP contribution is -2.38. The van der Waals surface area contributed by atoms with E-state index in [0.717, 1.165) is 13.0 Å². The molecule has 0 aliphatic carbocycles. The number of nitrogens with one attached hydrogen (secondary N) is 2. The molecule has 0 atom stereocenters. The fourth-order valence-electron chi connectivity index (χ4n) is 1.78. The monoisotopic (exact) mass is 318 g/mol. The molecule has 0 saturated heterocycles. The molecule has 120 valence electrons. The van der Waals surface area contributed by atoms with Gasteiger partial charge in [-0.15, -0.1) is 0 Å². The topological polar surface area (TPSA) is 105 Å². The molecule has 8 nitrogen and oxygen atoms in total. The van der Waals surface area contributed by atoms with E-state index in [0.29, 0.717) is 6.54 Å². The Morgan fingerprint density at radius 3 is 2.52 bits per heavy atom. The first-order valence-electron chi connectivity index (χ1n) is 6.58. The average Bonchev–Trinajstić information content (AvgIpc) is 2.72. The molecule has 0 radical (unpaired) electrons. The molecule has 21 heavy (non-hydrogen) atoms. The van der Waals surface area contributed by atoms with Gasteiger partial charge in [-0.05, 0) is 40.9 Å². The van der Waals surface area contributed by atoms with Crippen molar-refractivity contribution in [1.82, 2.24) is 20.1 Å². The standard InChI is InChI=1S/C12H22N4O4S/c1-9-12(10(2)20-15-9)21(18,19)14-8-11(17)13-6-5-7-16(3)4/h14H,5-8H2,1-4H3,(H,13,17). The fourth-order valence-corrected chi connectivity index (χ4v) is 3.08. The number of aryl methyl sites for hydroxylation is 2. The van der Waals surface area contributed by atoms with Crippen LogP contribution in [0.1, 0.15) is 17.9 Å². The summed E-state index contributed by atoms with van der Waals surface area (Å²) in [6, 6.07) is 0. The maximum Gasteiger partial charge on any atom is 0.246 e. The number of aromatic nitrogens is 1. The van der Waals surface area contributed by atoms with Gasteiger partial charge in [-0.2, -0.15) is 0 Å². The van der Waals surface area contributed by atoms with Crippen LogP contribution in [0.5, 0.6) is 0 Å². The minimum atomic E-state index is -3.79. The smallest absolute Gasteiger partial charge is 0.246 e. The van der Waals surface area contributed by atoms with Gasteiger partial charge >= 0.3 is 0 Å². The molecule has 2 N–H and O–H groups in total. The van der Waals surface area contributed by atoms with Crippen molar-refractivity contribution in [3.8, 4) is 0 Å². The van der Waals surface area contributed by atoms with Crippen LogP contribution in [0, 0.1) is 13.8 Å². The van der Waals surface area contributed by atoms with E-state index in [9.17, 15) is 13.2 Å². The Labute approximate surface area is 124 Å². The van der Waals surface area contributed by atoms with E-state index >= 15 is 0 Å². The summed E-state index contributed by atoms with van der Waals surface area (Å²) in [7, 11) is 0.0953. The highest BCUT2D eigenvalue weighted by Gasteiger charge is 2.24. The third-order valence-corrected chi connectivity index (χ3v) is 4.41. The second-order valence-electron chi connectivity index (χ2n) is 4.98. The van der Waals surface area contributed by atoms with Crippen molar-refractivity contribution in [2.75, 3.05) is 33.7 Å². The first kappa shape index (κ1) is 17.6. The van der Waals surface area contributed by atoms with E-state index in [1.165, 1.54) is 13.8 Å². The van der Waals surface area contributed by atoms with Crippen LogP contribution in [0.15, 0.2) is 9.42 Å². The highest BCUT2D eigenvalue weighted by atomic mass is 32.2. The van der Waals surface area contributed by atoms with Crippen molar-refractivity contribution in [2.24, 2.45) is 0 Å². The summed E-state index contributed by atoms with van der Waals surface area (Å²) in [5.41, 5.74) is 0.270. The predicted octanol–water partition coefficient (Wildman–Crippen LogP) is -0.362. The van der Waals surface area contributed by atoms with Crippen molar-refractivity contribution in [1.29, 1.82) is 0 Å². The summed E-state index contributed by atoms with van der Waals surface area (Å²) in [4.78, 5) is 13.6. The summed E-state index contributed by atoms with van der Waals surface area (Å²) in [5.74, 6) is -0.171. The van der Waals surface area contributed by atoms with Crippen molar-refractivity contribution < 1.29 is 17.7 Å². The normalized spacial score (nSPS) is 11.9. The molecular formula is C12H22N4O4S. The number of carbonyl (C=O) groups is 1. The number of nitrogens with zero attached hydrogens (tertiary/aromatic N) is 2. The minimum Gasteiger partial charge on any atom is -0.360 e. The van der Waals surface area contributed by atoms with Crippen LogP contribution in [-0.4, -0.2) is 58.1 Å². The van der Waals surface area contributed by atoms with E-state index in [4.69, 9.17) is 4.52 Å². The third-order valence-electron chi connectivity index (χ3n) is 2.76. The van der Waals surface area contributed by atoms with Crippen LogP contribution < -0.4 is 10.0 Å². The lowest BCUT2D eigenvalue weighted by atomic mass is 10.4. The Kier molecular flexibility index (Phi) is 6.31. The first-order valence-corrected chi connectivity index (χ1v) is 8.06. The Balaban J connectivity index is 2.46. The Bertz CT molecular complexity index is 561. The van der Waals surface area contributed by atoms with E-state index < -0.39 is 10.0 Å². The number of sulfonamides is 1. The van der Waals surface area contributed by atoms with Crippen molar-refractivity contribution in [3.05, 3.63) is 11.5 Å². The summed E-state index contributed by atoms with van der Waals surface area (Å²) in [5, 5.41) is 6.24. The zero-order chi connectivity index (χ0) is 16.0. The van der Waals surface area contributed by atoms with E-state index in [1.54, 1.807) is 0 Å². The molecule has 1 aromatic rings. The molecule has 9 heteroatoms. The van der Waals surface area contributed by atoms with Gasteiger partial charge in [0.15, 0.2) is 5.76 Å².